The van der Waals surface area contributed by atoms with Gasteiger partial charge >= 0.3 is 11.9 Å². The lowest BCUT2D eigenvalue weighted by Gasteiger charge is -2.28. The third-order valence-electron chi connectivity index (χ3n) is 4.23. The van der Waals surface area contributed by atoms with E-state index in [2.05, 4.69) is 19.2 Å². The molecule has 2 unspecified atom stereocenters. The van der Waals surface area contributed by atoms with Crippen molar-refractivity contribution in [3.8, 4) is 0 Å². The van der Waals surface area contributed by atoms with E-state index in [1.165, 1.54) is 13.8 Å². The lowest BCUT2D eigenvalue weighted by atomic mass is 9.85. The maximum absolute atomic E-state index is 11.4. The van der Waals surface area contributed by atoms with Gasteiger partial charge in [0.15, 0.2) is 0 Å². The third kappa shape index (κ3) is 6.43. The molecule has 0 aliphatic heterocycles. The van der Waals surface area contributed by atoms with E-state index in [1.54, 1.807) is 0 Å². The fourth-order valence-electron chi connectivity index (χ4n) is 2.77. The van der Waals surface area contributed by atoms with Gasteiger partial charge in [0.1, 0.15) is 12.2 Å². The number of hydrogen-bond acceptors (Lipinski definition) is 4. The Morgan fingerprint density at radius 2 is 1.70 bits per heavy atom. The molecule has 0 radical (unpaired) electrons. The molecule has 0 bridgehead atoms. The van der Waals surface area contributed by atoms with Gasteiger partial charge in [-0.15, -0.1) is 0 Å². The van der Waals surface area contributed by atoms with E-state index < -0.39 is 0 Å². The molecular formula is C19H28O4. The van der Waals surface area contributed by atoms with Gasteiger partial charge in [-0.1, -0.05) is 24.8 Å². The summed E-state index contributed by atoms with van der Waals surface area (Å²) in [6.45, 7) is 14.9. The van der Waals surface area contributed by atoms with Gasteiger partial charge in [-0.25, -0.2) is 0 Å². The highest BCUT2D eigenvalue weighted by Gasteiger charge is 2.25. The van der Waals surface area contributed by atoms with Gasteiger partial charge in [-0.3, -0.25) is 9.59 Å². The number of hydrogen-bond donors (Lipinski definition) is 0. The summed E-state index contributed by atoms with van der Waals surface area (Å²) in [5, 5.41) is 0. The highest BCUT2D eigenvalue weighted by Crippen LogP contribution is 2.30. The van der Waals surface area contributed by atoms with Crippen LogP contribution in [0.5, 0.6) is 0 Å². The van der Waals surface area contributed by atoms with Crippen molar-refractivity contribution in [3.63, 3.8) is 0 Å². The minimum Gasteiger partial charge on any atom is -0.458 e. The standard InChI is InChI=1S/C19H28O4/c1-12(2)17-9-7-13(3)18(22-15(5)20)10-8-14(4)19(11-17)23-16(6)21/h7,17-19H,1,4,8-11H2,2-3,5-6H3/b13-7+/t17-,18?,19?/m0/s1. The summed E-state index contributed by atoms with van der Waals surface area (Å²) in [5.41, 5.74) is 2.95. The van der Waals surface area contributed by atoms with Crippen LogP contribution >= 0.6 is 0 Å². The first-order chi connectivity index (χ1) is 10.7. The van der Waals surface area contributed by atoms with Crippen molar-refractivity contribution in [3.05, 3.63) is 36.0 Å². The van der Waals surface area contributed by atoms with Crippen molar-refractivity contribution < 1.29 is 19.1 Å². The second kappa shape index (κ2) is 8.70. The first-order valence-electron chi connectivity index (χ1n) is 8.04. The van der Waals surface area contributed by atoms with Gasteiger partial charge in [0.2, 0.25) is 0 Å². The Morgan fingerprint density at radius 3 is 2.22 bits per heavy atom. The molecule has 4 heteroatoms. The number of carbonyl (C=O) groups excluding carboxylic acids is 2. The normalized spacial score (nSPS) is 28.3. The molecule has 4 nitrogen and oxygen atoms in total. The predicted molar refractivity (Wildman–Crippen MR) is 90.8 cm³/mol. The fourth-order valence-corrected chi connectivity index (χ4v) is 2.77. The molecule has 0 aromatic carbocycles. The first-order valence-corrected chi connectivity index (χ1v) is 8.04. The fraction of sp³-hybridized carbons (Fsp3) is 0.579. The molecule has 1 aliphatic rings. The van der Waals surface area contributed by atoms with Crippen LogP contribution < -0.4 is 0 Å². The highest BCUT2D eigenvalue weighted by molar-refractivity contribution is 5.67. The topological polar surface area (TPSA) is 52.6 Å². The van der Waals surface area contributed by atoms with Crippen LogP contribution in [0.1, 0.15) is 53.4 Å². The molecule has 0 heterocycles. The van der Waals surface area contributed by atoms with Crippen LogP contribution in [-0.4, -0.2) is 24.1 Å². The Kier molecular flexibility index (Phi) is 7.27. The number of ether oxygens (including phenoxy) is 2. The molecule has 0 N–H and O–H groups in total. The number of esters is 2. The van der Waals surface area contributed by atoms with Gasteiger partial charge < -0.3 is 9.47 Å². The smallest absolute Gasteiger partial charge is 0.303 e. The summed E-state index contributed by atoms with van der Waals surface area (Å²) in [6.07, 6.45) is 4.29. The predicted octanol–water partition coefficient (Wildman–Crippen LogP) is 4.12. The second-order valence-electron chi connectivity index (χ2n) is 6.36. The molecule has 23 heavy (non-hydrogen) atoms. The van der Waals surface area contributed by atoms with Crippen LogP contribution in [0.15, 0.2) is 36.0 Å². The third-order valence-corrected chi connectivity index (χ3v) is 4.23. The first kappa shape index (κ1) is 19.2. The molecule has 0 saturated carbocycles. The summed E-state index contributed by atoms with van der Waals surface area (Å²) in [6, 6.07) is 0. The molecule has 0 aromatic heterocycles. The van der Waals surface area contributed by atoms with Crippen molar-refractivity contribution in [2.24, 2.45) is 5.92 Å². The van der Waals surface area contributed by atoms with Gasteiger partial charge in [0.05, 0.1) is 0 Å². The molecule has 3 atom stereocenters. The second-order valence-corrected chi connectivity index (χ2v) is 6.36. The van der Waals surface area contributed by atoms with Crippen LogP contribution in [0.4, 0.5) is 0 Å². The van der Waals surface area contributed by atoms with E-state index in [4.69, 9.17) is 9.47 Å². The molecule has 0 amide bonds. The zero-order valence-corrected chi connectivity index (χ0v) is 14.7. The number of carbonyl (C=O) groups is 2. The summed E-state index contributed by atoms with van der Waals surface area (Å²) >= 11 is 0. The Labute approximate surface area is 139 Å². The summed E-state index contributed by atoms with van der Waals surface area (Å²) in [5.74, 6) is -0.405. The zero-order valence-electron chi connectivity index (χ0n) is 14.7. The monoisotopic (exact) mass is 320 g/mol. The average Bonchev–Trinajstić information content (AvgIpc) is 2.43. The summed E-state index contributed by atoms with van der Waals surface area (Å²) in [4.78, 5) is 22.7. The van der Waals surface area contributed by atoms with E-state index in [-0.39, 0.29) is 30.1 Å². The maximum Gasteiger partial charge on any atom is 0.303 e. The van der Waals surface area contributed by atoms with Crippen LogP contribution in [0.25, 0.3) is 0 Å². The molecule has 1 rings (SSSR count). The van der Waals surface area contributed by atoms with Crippen LogP contribution in [0.3, 0.4) is 0 Å². The van der Waals surface area contributed by atoms with Crippen molar-refractivity contribution in [1.29, 1.82) is 0 Å². The van der Waals surface area contributed by atoms with Crippen molar-refractivity contribution in [1.82, 2.24) is 0 Å². The van der Waals surface area contributed by atoms with Gasteiger partial charge in [0.25, 0.3) is 0 Å². The molecule has 0 aromatic rings. The van der Waals surface area contributed by atoms with E-state index in [0.29, 0.717) is 19.3 Å². The Hall–Kier alpha value is -1.84. The zero-order chi connectivity index (χ0) is 17.6. The number of rotatable bonds is 3. The van der Waals surface area contributed by atoms with Gasteiger partial charge in [-0.2, -0.15) is 0 Å². The van der Waals surface area contributed by atoms with Crippen LogP contribution in [0, 0.1) is 5.92 Å². The van der Waals surface area contributed by atoms with E-state index in [0.717, 1.165) is 23.1 Å². The van der Waals surface area contributed by atoms with E-state index in [1.807, 2.05) is 13.8 Å². The molecular weight excluding hydrogens is 292 g/mol. The van der Waals surface area contributed by atoms with Crippen molar-refractivity contribution >= 4 is 11.9 Å². The highest BCUT2D eigenvalue weighted by atomic mass is 16.5. The van der Waals surface area contributed by atoms with Crippen LogP contribution in [-0.2, 0) is 19.1 Å². The molecule has 1 aliphatic carbocycles. The summed E-state index contributed by atoms with van der Waals surface area (Å²) < 4.78 is 10.9. The van der Waals surface area contributed by atoms with E-state index >= 15 is 0 Å². The minimum absolute atomic E-state index is 0.196. The van der Waals surface area contributed by atoms with Crippen molar-refractivity contribution in [2.45, 2.75) is 65.6 Å². The van der Waals surface area contributed by atoms with E-state index in [9.17, 15) is 9.59 Å². The van der Waals surface area contributed by atoms with Crippen molar-refractivity contribution in [2.75, 3.05) is 0 Å². The molecule has 0 fully saturated rings. The quantitative estimate of drug-likeness (QED) is 0.580. The largest absolute Gasteiger partial charge is 0.458 e. The van der Waals surface area contributed by atoms with Crippen LogP contribution in [0.2, 0.25) is 0 Å². The van der Waals surface area contributed by atoms with Gasteiger partial charge in [0, 0.05) is 13.8 Å². The lowest BCUT2D eigenvalue weighted by molar-refractivity contribution is -0.145. The van der Waals surface area contributed by atoms with Gasteiger partial charge in [-0.05, 0) is 56.6 Å². The average molecular weight is 320 g/mol. The molecule has 0 saturated heterocycles. The minimum atomic E-state index is -0.320. The Bertz CT molecular complexity index is 515. The summed E-state index contributed by atoms with van der Waals surface area (Å²) in [7, 11) is 0. The molecule has 128 valence electrons. The molecule has 0 spiro atoms. The Balaban J connectivity index is 3.04. The lowest BCUT2D eigenvalue weighted by Crippen LogP contribution is -2.25. The Morgan fingerprint density at radius 1 is 1.13 bits per heavy atom. The number of allylic oxidation sites excluding steroid dienone is 2. The maximum atomic E-state index is 11.4. The SMILES string of the molecule is C=C1CCC(OC(C)=O)/C(C)=C/C[C@H](C(=C)C)CC1OC(C)=O.